The number of ether oxygens (including phenoxy) is 1. The van der Waals surface area contributed by atoms with Crippen LogP contribution < -0.4 is 5.32 Å². The Labute approximate surface area is 103 Å². The first-order valence-electron chi connectivity index (χ1n) is 6.09. The molecule has 2 aliphatic heterocycles. The molecule has 2 heterocycles. The molecule has 17 heavy (non-hydrogen) atoms. The summed E-state index contributed by atoms with van der Waals surface area (Å²) in [5.74, 6) is 0. The lowest BCUT2D eigenvalue weighted by molar-refractivity contribution is 0.100. The van der Waals surface area contributed by atoms with Crippen LogP contribution in [0.2, 0.25) is 0 Å². The molecule has 7 heteroatoms. The lowest BCUT2D eigenvalue weighted by Gasteiger charge is -2.34. The summed E-state index contributed by atoms with van der Waals surface area (Å²) in [6.07, 6.45) is 0.765. The second kappa shape index (κ2) is 5.19. The summed E-state index contributed by atoms with van der Waals surface area (Å²) in [5.41, 5.74) is 0. The normalized spacial score (nSPS) is 32.2. The number of hydrogen-bond donors (Lipinski definition) is 1. The number of nitrogens with one attached hydrogen (secondary N) is 1. The van der Waals surface area contributed by atoms with Gasteiger partial charge in [-0.1, -0.05) is 0 Å². The van der Waals surface area contributed by atoms with Crippen LogP contribution >= 0.6 is 0 Å². The molecule has 0 saturated carbocycles. The van der Waals surface area contributed by atoms with Crippen molar-refractivity contribution in [1.29, 1.82) is 0 Å². The van der Waals surface area contributed by atoms with E-state index in [1.54, 1.807) is 11.4 Å². The number of rotatable bonds is 3. The largest absolute Gasteiger partial charge is 0.377 e. The molecule has 0 aromatic heterocycles. The third kappa shape index (κ3) is 2.63. The predicted octanol–water partition coefficient (Wildman–Crippen LogP) is -0.754. The highest BCUT2D eigenvalue weighted by molar-refractivity contribution is 7.86. The van der Waals surface area contributed by atoms with Gasteiger partial charge in [-0.15, -0.1) is 0 Å². The van der Waals surface area contributed by atoms with Gasteiger partial charge in [-0.2, -0.15) is 17.0 Å². The molecule has 100 valence electrons. The van der Waals surface area contributed by atoms with Crippen molar-refractivity contribution in [3.05, 3.63) is 0 Å². The molecule has 2 unspecified atom stereocenters. The van der Waals surface area contributed by atoms with E-state index in [0.717, 1.165) is 19.5 Å². The van der Waals surface area contributed by atoms with Crippen LogP contribution in [0.4, 0.5) is 0 Å². The standard InChI is InChI=1S/C10H21N3O3S/c1-9-10(3-8-16-9)12(2)17(14,15)13-6-4-11-5-7-13/h9-11H,3-8H2,1-2H3. The molecule has 2 aliphatic rings. The second-order valence-corrected chi connectivity index (χ2v) is 6.59. The molecule has 0 spiro atoms. The summed E-state index contributed by atoms with van der Waals surface area (Å²) >= 11 is 0. The Morgan fingerprint density at radius 1 is 1.35 bits per heavy atom. The number of likely N-dealkylation sites (N-methyl/N-ethyl adjacent to an activating group) is 1. The van der Waals surface area contributed by atoms with Crippen LogP contribution in [-0.2, 0) is 14.9 Å². The minimum Gasteiger partial charge on any atom is -0.377 e. The molecule has 0 amide bonds. The monoisotopic (exact) mass is 263 g/mol. The van der Waals surface area contributed by atoms with Crippen molar-refractivity contribution < 1.29 is 13.2 Å². The number of piperazine rings is 1. The van der Waals surface area contributed by atoms with E-state index in [4.69, 9.17) is 4.74 Å². The third-order valence-corrected chi connectivity index (χ3v) is 5.59. The predicted molar refractivity (Wildman–Crippen MR) is 64.9 cm³/mol. The van der Waals surface area contributed by atoms with Crippen molar-refractivity contribution >= 4 is 10.2 Å². The summed E-state index contributed by atoms with van der Waals surface area (Å²) in [6, 6.07) is -0.0325. The molecule has 2 atom stereocenters. The fourth-order valence-corrected chi connectivity index (χ4v) is 4.05. The highest BCUT2D eigenvalue weighted by Gasteiger charge is 2.37. The van der Waals surface area contributed by atoms with Crippen molar-refractivity contribution in [2.24, 2.45) is 0 Å². The van der Waals surface area contributed by atoms with Crippen molar-refractivity contribution in [1.82, 2.24) is 13.9 Å². The zero-order chi connectivity index (χ0) is 12.5. The minimum absolute atomic E-state index is 0.0160. The van der Waals surface area contributed by atoms with E-state index in [9.17, 15) is 8.42 Å². The maximum atomic E-state index is 12.4. The molecular weight excluding hydrogens is 242 g/mol. The van der Waals surface area contributed by atoms with E-state index in [-0.39, 0.29) is 12.1 Å². The third-order valence-electron chi connectivity index (χ3n) is 3.57. The Morgan fingerprint density at radius 2 is 2.00 bits per heavy atom. The molecule has 6 nitrogen and oxygen atoms in total. The molecule has 0 bridgehead atoms. The van der Waals surface area contributed by atoms with Crippen LogP contribution in [0.3, 0.4) is 0 Å². The molecule has 0 aliphatic carbocycles. The van der Waals surface area contributed by atoms with Gasteiger partial charge in [0.2, 0.25) is 0 Å². The van der Waals surface area contributed by atoms with Crippen LogP contribution in [0, 0.1) is 0 Å². The quantitative estimate of drug-likeness (QED) is 0.727. The van der Waals surface area contributed by atoms with E-state index >= 15 is 0 Å². The van der Waals surface area contributed by atoms with Crippen molar-refractivity contribution in [3.8, 4) is 0 Å². The lowest BCUT2D eigenvalue weighted by atomic mass is 10.2. The number of hydrogen-bond acceptors (Lipinski definition) is 4. The Bertz CT molecular complexity index is 354. The van der Waals surface area contributed by atoms with Crippen molar-refractivity contribution in [3.63, 3.8) is 0 Å². The summed E-state index contributed by atoms with van der Waals surface area (Å²) < 4.78 is 33.2. The molecule has 0 aromatic rings. The van der Waals surface area contributed by atoms with Crippen LogP contribution in [0.25, 0.3) is 0 Å². The first-order chi connectivity index (χ1) is 8.03. The molecule has 2 rings (SSSR count). The minimum atomic E-state index is -3.33. The Morgan fingerprint density at radius 3 is 2.53 bits per heavy atom. The smallest absolute Gasteiger partial charge is 0.282 e. The SMILES string of the molecule is CC1OCCC1N(C)S(=O)(=O)N1CCNCC1. The highest BCUT2D eigenvalue weighted by atomic mass is 32.2. The van der Waals surface area contributed by atoms with Gasteiger partial charge >= 0.3 is 0 Å². The van der Waals surface area contributed by atoms with Crippen LogP contribution in [0.1, 0.15) is 13.3 Å². The first-order valence-corrected chi connectivity index (χ1v) is 7.48. The van der Waals surface area contributed by atoms with Crippen LogP contribution in [0.5, 0.6) is 0 Å². The number of nitrogens with zero attached hydrogens (tertiary/aromatic N) is 2. The van der Waals surface area contributed by atoms with Gasteiger partial charge in [0.25, 0.3) is 10.2 Å². The van der Waals surface area contributed by atoms with Gasteiger partial charge in [-0.25, -0.2) is 0 Å². The van der Waals surface area contributed by atoms with E-state index in [1.165, 1.54) is 4.31 Å². The maximum absolute atomic E-state index is 12.4. The molecule has 1 N–H and O–H groups in total. The van der Waals surface area contributed by atoms with Gasteiger partial charge in [-0.3, -0.25) is 0 Å². The fourth-order valence-electron chi connectivity index (χ4n) is 2.43. The van der Waals surface area contributed by atoms with Gasteiger partial charge in [0.1, 0.15) is 0 Å². The highest BCUT2D eigenvalue weighted by Crippen LogP contribution is 2.22. The van der Waals surface area contributed by atoms with Gasteiger partial charge in [0, 0.05) is 39.8 Å². The first kappa shape index (κ1) is 13.2. The van der Waals surface area contributed by atoms with Gasteiger partial charge in [0.15, 0.2) is 0 Å². The van der Waals surface area contributed by atoms with Crippen LogP contribution in [-0.4, -0.2) is 69.0 Å². The average Bonchev–Trinajstić information content (AvgIpc) is 2.75. The van der Waals surface area contributed by atoms with Gasteiger partial charge in [-0.05, 0) is 13.3 Å². The van der Waals surface area contributed by atoms with Gasteiger partial charge in [0.05, 0.1) is 12.1 Å². The summed E-state index contributed by atoms with van der Waals surface area (Å²) in [4.78, 5) is 0. The molecular formula is C10H21N3O3S. The Balaban J connectivity index is 2.08. The zero-order valence-corrected chi connectivity index (χ0v) is 11.2. The molecule has 2 saturated heterocycles. The van der Waals surface area contributed by atoms with E-state index < -0.39 is 10.2 Å². The fraction of sp³-hybridized carbons (Fsp3) is 1.00. The van der Waals surface area contributed by atoms with Crippen molar-refractivity contribution in [2.45, 2.75) is 25.5 Å². The van der Waals surface area contributed by atoms with E-state index in [1.807, 2.05) is 6.92 Å². The summed E-state index contributed by atoms with van der Waals surface area (Å²) in [5, 5.41) is 3.15. The topological polar surface area (TPSA) is 61.9 Å². The van der Waals surface area contributed by atoms with Gasteiger partial charge < -0.3 is 10.1 Å². The van der Waals surface area contributed by atoms with Crippen molar-refractivity contribution in [2.75, 3.05) is 39.8 Å². The Hall–Kier alpha value is -0.210. The second-order valence-electron chi connectivity index (χ2n) is 4.60. The molecule has 0 radical (unpaired) electrons. The summed E-state index contributed by atoms with van der Waals surface area (Å²) in [6.45, 7) is 5.13. The van der Waals surface area contributed by atoms with E-state index in [0.29, 0.717) is 19.7 Å². The zero-order valence-electron chi connectivity index (χ0n) is 10.4. The summed E-state index contributed by atoms with van der Waals surface area (Å²) in [7, 11) is -1.67. The van der Waals surface area contributed by atoms with Crippen LogP contribution in [0.15, 0.2) is 0 Å². The maximum Gasteiger partial charge on any atom is 0.282 e. The van der Waals surface area contributed by atoms with E-state index in [2.05, 4.69) is 5.32 Å². The Kier molecular flexibility index (Phi) is 4.04. The average molecular weight is 263 g/mol. The lowest BCUT2D eigenvalue weighted by Crippen LogP contribution is -2.54. The molecule has 2 fully saturated rings. The molecule has 0 aromatic carbocycles.